The van der Waals surface area contributed by atoms with E-state index in [1.54, 1.807) is 13.8 Å². The van der Waals surface area contributed by atoms with Crippen molar-refractivity contribution in [1.29, 1.82) is 0 Å². The summed E-state index contributed by atoms with van der Waals surface area (Å²) in [5.41, 5.74) is 2.28. The molecule has 0 aromatic carbocycles. The molecule has 160 valence electrons. The van der Waals surface area contributed by atoms with Gasteiger partial charge in [-0.05, 0) is 6.08 Å². The molecule has 0 aromatic heterocycles. The van der Waals surface area contributed by atoms with E-state index >= 15 is 0 Å². The molecule has 3 aliphatic heterocycles. The predicted molar refractivity (Wildman–Crippen MR) is 92.7 cm³/mol. The Morgan fingerprint density at radius 1 is 1.34 bits per heavy atom. The summed E-state index contributed by atoms with van der Waals surface area (Å²) in [4.78, 5) is 44.2. The number of esters is 1. The molecule has 29 heavy (non-hydrogen) atoms. The van der Waals surface area contributed by atoms with Gasteiger partial charge in [-0.25, -0.2) is 14.6 Å². The average molecular weight is 414 g/mol. The number of hydrogen-bond donors (Lipinski definition) is 3. The third-order valence-electron chi connectivity index (χ3n) is 4.28. The molecule has 0 aromatic rings. The Kier molecular flexibility index (Phi) is 6.08. The number of rotatable bonds is 4. The van der Waals surface area contributed by atoms with Gasteiger partial charge in [0.25, 0.3) is 0 Å². The van der Waals surface area contributed by atoms with Crippen molar-refractivity contribution in [3.63, 3.8) is 0 Å². The normalized spacial score (nSPS) is 30.2. The molecule has 0 saturated carbocycles. The van der Waals surface area contributed by atoms with Gasteiger partial charge >= 0.3 is 18.2 Å². The number of ether oxygens (including phenoxy) is 4. The lowest BCUT2D eigenvalue weighted by Gasteiger charge is -2.33. The monoisotopic (exact) mass is 414 g/mol. The number of fused-ring (bicyclic) bond motifs is 1. The average Bonchev–Trinajstić information content (AvgIpc) is 3.21. The second-order valence-electron chi connectivity index (χ2n) is 6.63. The molecular formula is C16H22N4O9. The summed E-state index contributed by atoms with van der Waals surface area (Å²) in [5.74, 6) is -0.670. The Labute approximate surface area is 165 Å². The minimum absolute atomic E-state index is 0.0778. The zero-order valence-corrected chi connectivity index (χ0v) is 15.9. The fourth-order valence-electron chi connectivity index (χ4n) is 2.83. The number of nitrogens with zero attached hydrogens (tertiary/aromatic N) is 2. The van der Waals surface area contributed by atoms with E-state index in [1.807, 2.05) is 0 Å². The molecule has 3 aliphatic rings. The number of amides is 1. The molecule has 1 amide bonds. The molecule has 3 N–H and O–H groups in total. The van der Waals surface area contributed by atoms with Crippen molar-refractivity contribution in [2.75, 3.05) is 13.7 Å². The van der Waals surface area contributed by atoms with Gasteiger partial charge in [-0.2, -0.15) is 5.48 Å². The number of carbonyl (C=O) groups excluding carboxylic acids is 3. The lowest BCUT2D eigenvalue weighted by molar-refractivity contribution is -0.160. The van der Waals surface area contributed by atoms with Crippen LogP contribution < -0.4 is 10.8 Å². The first-order chi connectivity index (χ1) is 13.8. The number of amidine groups is 1. The molecule has 2 saturated heterocycles. The summed E-state index contributed by atoms with van der Waals surface area (Å²) < 4.78 is 21.3. The van der Waals surface area contributed by atoms with Crippen LogP contribution in [0.3, 0.4) is 0 Å². The van der Waals surface area contributed by atoms with Crippen LogP contribution in [0, 0.1) is 5.92 Å². The standard InChI is InChI=1S/C16H22N4O9/c1-7(2)13(21)25-6-8-10-11(28-16(24)27-10)12(26-8)20-5-4-9(18-14(20)22)19-29-15(23)17-3/h4-5,7-8,10-12,14,22H,6H2,1-3H3,(H,17,23)(H,18,19)/t8-,10-,11-,12-,14?/m1/s1. The summed E-state index contributed by atoms with van der Waals surface area (Å²) in [6.45, 7) is 3.23. The van der Waals surface area contributed by atoms with E-state index in [9.17, 15) is 19.5 Å². The number of hydrogen-bond acceptors (Lipinski definition) is 12. The van der Waals surface area contributed by atoms with Gasteiger partial charge in [-0.15, -0.1) is 0 Å². The summed E-state index contributed by atoms with van der Waals surface area (Å²) in [6, 6.07) is 0. The molecule has 0 radical (unpaired) electrons. The molecule has 0 aliphatic carbocycles. The fraction of sp³-hybridized carbons (Fsp3) is 0.625. The number of aliphatic hydroxyl groups excluding tert-OH is 1. The first-order valence-electron chi connectivity index (χ1n) is 8.85. The second-order valence-corrected chi connectivity index (χ2v) is 6.63. The number of aliphatic hydroxyl groups is 1. The lowest BCUT2D eigenvalue weighted by Crippen LogP contribution is -2.48. The molecule has 2 fully saturated rings. The molecule has 0 spiro atoms. The smallest absolute Gasteiger partial charge is 0.463 e. The summed E-state index contributed by atoms with van der Waals surface area (Å²) in [5, 5.41) is 12.6. The van der Waals surface area contributed by atoms with Gasteiger partial charge < -0.3 is 39.1 Å². The van der Waals surface area contributed by atoms with Gasteiger partial charge in [0, 0.05) is 13.2 Å². The molecule has 5 atom stereocenters. The van der Waals surface area contributed by atoms with E-state index in [0.29, 0.717) is 0 Å². The van der Waals surface area contributed by atoms with Crippen LogP contribution in [0.15, 0.2) is 17.3 Å². The topological polar surface area (TPSA) is 157 Å². The number of carbonyl (C=O) groups is 3. The first kappa shape index (κ1) is 20.7. The van der Waals surface area contributed by atoms with Gasteiger partial charge in [-0.3, -0.25) is 4.79 Å². The summed E-state index contributed by atoms with van der Waals surface area (Å²) in [7, 11) is 1.38. The molecule has 1 unspecified atom stereocenters. The highest BCUT2D eigenvalue weighted by Gasteiger charge is 2.57. The maximum atomic E-state index is 11.7. The molecule has 13 nitrogen and oxygen atoms in total. The van der Waals surface area contributed by atoms with E-state index in [2.05, 4.69) is 20.6 Å². The largest absolute Gasteiger partial charge is 0.509 e. The number of nitrogens with one attached hydrogen (secondary N) is 2. The fourth-order valence-corrected chi connectivity index (χ4v) is 2.83. The Morgan fingerprint density at radius 3 is 2.72 bits per heavy atom. The maximum Gasteiger partial charge on any atom is 0.509 e. The molecule has 13 heteroatoms. The van der Waals surface area contributed by atoms with Crippen LogP contribution in [0.25, 0.3) is 0 Å². The third kappa shape index (κ3) is 4.51. The van der Waals surface area contributed by atoms with E-state index in [0.717, 1.165) is 0 Å². The zero-order valence-electron chi connectivity index (χ0n) is 15.9. The van der Waals surface area contributed by atoms with Crippen LogP contribution >= 0.6 is 0 Å². The highest BCUT2D eigenvalue weighted by molar-refractivity contribution is 5.93. The van der Waals surface area contributed by atoms with E-state index in [-0.39, 0.29) is 18.4 Å². The van der Waals surface area contributed by atoms with Crippen molar-refractivity contribution < 1.29 is 43.3 Å². The maximum absolute atomic E-state index is 11.7. The van der Waals surface area contributed by atoms with Gasteiger partial charge in [0.15, 0.2) is 24.3 Å². The van der Waals surface area contributed by atoms with E-state index < -0.39 is 49.1 Å². The van der Waals surface area contributed by atoms with Crippen molar-refractivity contribution in [1.82, 2.24) is 15.7 Å². The van der Waals surface area contributed by atoms with Crippen LogP contribution in [-0.2, 0) is 28.6 Å². The predicted octanol–water partition coefficient (Wildman–Crippen LogP) is -0.821. The van der Waals surface area contributed by atoms with Crippen molar-refractivity contribution in [2.24, 2.45) is 10.9 Å². The second kappa shape index (κ2) is 8.53. The molecule has 0 bridgehead atoms. The minimum Gasteiger partial charge on any atom is -0.463 e. The van der Waals surface area contributed by atoms with E-state index in [4.69, 9.17) is 18.9 Å². The van der Waals surface area contributed by atoms with Crippen LogP contribution in [0.5, 0.6) is 0 Å². The lowest BCUT2D eigenvalue weighted by atomic mass is 10.1. The first-order valence-corrected chi connectivity index (χ1v) is 8.85. The molecule has 3 heterocycles. The van der Waals surface area contributed by atoms with E-state index in [1.165, 1.54) is 24.2 Å². The highest BCUT2D eigenvalue weighted by atomic mass is 16.8. The van der Waals surface area contributed by atoms with Gasteiger partial charge in [0.2, 0.25) is 6.35 Å². The number of hydroxylamine groups is 1. The van der Waals surface area contributed by atoms with Crippen LogP contribution in [0.2, 0.25) is 0 Å². The zero-order chi connectivity index (χ0) is 21.1. The SMILES string of the molecule is CNC(=O)ONC1=NC(O)N([C@@H]2O[C@H](COC(=O)C(C)C)[C@H]3OC(=O)O[C@H]32)C=C1. The van der Waals surface area contributed by atoms with Crippen molar-refractivity contribution in [3.8, 4) is 0 Å². The third-order valence-corrected chi connectivity index (χ3v) is 4.28. The Balaban J connectivity index is 1.65. The van der Waals surface area contributed by atoms with Gasteiger partial charge in [-0.1, -0.05) is 13.8 Å². The Hall–Kier alpha value is -3.06. The molecular weight excluding hydrogens is 392 g/mol. The van der Waals surface area contributed by atoms with Crippen LogP contribution in [0.1, 0.15) is 13.8 Å². The minimum atomic E-state index is -1.43. The quantitative estimate of drug-likeness (QED) is 0.300. The van der Waals surface area contributed by atoms with Crippen molar-refractivity contribution >= 4 is 24.1 Å². The number of aliphatic imine (C=N–C) groups is 1. The van der Waals surface area contributed by atoms with Crippen molar-refractivity contribution in [3.05, 3.63) is 12.3 Å². The summed E-state index contributed by atoms with van der Waals surface area (Å²) in [6.07, 6.45) is -3.61. The van der Waals surface area contributed by atoms with Gasteiger partial charge in [0.05, 0.1) is 5.92 Å². The highest BCUT2D eigenvalue weighted by Crippen LogP contribution is 2.35. The van der Waals surface area contributed by atoms with Crippen LogP contribution in [-0.4, -0.2) is 78.6 Å². The van der Waals surface area contributed by atoms with Crippen LogP contribution in [0.4, 0.5) is 9.59 Å². The summed E-state index contributed by atoms with van der Waals surface area (Å²) >= 11 is 0. The Morgan fingerprint density at radius 2 is 2.07 bits per heavy atom. The van der Waals surface area contributed by atoms with Crippen molar-refractivity contribution in [2.45, 2.75) is 44.7 Å². The Bertz CT molecular complexity index is 725. The molecule has 3 rings (SSSR count). The van der Waals surface area contributed by atoms with Gasteiger partial charge in [0.1, 0.15) is 12.7 Å².